The Morgan fingerprint density at radius 3 is 2.47 bits per heavy atom. The zero-order valence-corrected chi connectivity index (χ0v) is 11.1. The van der Waals surface area contributed by atoms with Gasteiger partial charge < -0.3 is 19.9 Å². The Balaban J connectivity index is 2.62. The Labute approximate surface area is 111 Å². The van der Waals surface area contributed by atoms with Crippen molar-refractivity contribution in [2.45, 2.75) is 19.6 Å². The SMILES string of the molecule is COCCNCc1cc(F)c(OCC(C)O)c(F)c1. The van der Waals surface area contributed by atoms with E-state index in [1.807, 2.05) is 0 Å². The monoisotopic (exact) mass is 275 g/mol. The van der Waals surface area contributed by atoms with Crippen LogP contribution in [-0.2, 0) is 11.3 Å². The Bertz CT molecular complexity index is 376. The minimum Gasteiger partial charge on any atom is -0.485 e. The van der Waals surface area contributed by atoms with Gasteiger partial charge in [0.15, 0.2) is 17.4 Å². The molecule has 1 aromatic rings. The second kappa shape index (κ2) is 8.04. The summed E-state index contributed by atoms with van der Waals surface area (Å²) in [7, 11) is 1.58. The molecule has 19 heavy (non-hydrogen) atoms. The number of nitrogens with one attached hydrogen (secondary N) is 1. The Kier molecular flexibility index (Phi) is 6.69. The van der Waals surface area contributed by atoms with Gasteiger partial charge in [0.05, 0.1) is 12.7 Å². The average molecular weight is 275 g/mol. The molecule has 0 radical (unpaired) electrons. The lowest BCUT2D eigenvalue weighted by Gasteiger charge is -2.11. The summed E-state index contributed by atoms with van der Waals surface area (Å²) in [6.45, 7) is 2.79. The Morgan fingerprint density at radius 2 is 1.95 bits per heavy atom. The van der Waals surface area contributed by atoms with Crippen LogP contribution in [0.5, 0.6) is 5.75 Å². The first kappa shape index (κ1) is 15.8. The van der Waals surface area contributed by atoms with Crippen molar-refractivity contribution in [2.75, 3.05) is 26.9 Å². The molecule has 0 fully saturated rings. The number of ether oxygens (including phenoxy) is 2. The second-order valence-electron chi connectivity index (χ2n) is 4.22. The topological polar surface area (TPSA) is 50.7 Å². The molecule has 0 aliphatic rings. The van der Waals surface area contributed by atoms with E-state index in [0.717, 1.165) is 0 Å². The first-order chi connectivity index (χ1) is 9.04. The van der Waals surface area contributed by atoms with Gasteiger partial charge in [-0.15, -0.1) is 0 Å². The largest absolute Gasteiger partial charge is 0.485 e. The van der Waals surface area contributed by atoms with Crippen molar-refractivity contribution in [3.63, 3.8) is 0 Å². The van der Waals surface area contributed by atoms with Gasteiger partial charge in [0.2, 0.25) is 0 Å². The molecule has 0 aromatic heterocycles. The molecule has 0 aliphatic heterocycles. The zero-order valence-electron chi connectivity index (χ0n) is 11.1. The van der Waals surface area contributed by atoms with Crippen molar-refractivity contribution in [1.29, 1.82) is 0 Å². The molecule has 0 amide bonds. The highest BCUT2D eigenvalue weighted by Gasteiger charge is 2.13. The summed E-state index contributed by atoms with van der Waals surface area (Å²) in [6, 6.07) is 2.42. The highest BCUT2D eigenvalue weighted by molar-refractivity contribution is 5.31. The highest BCUT2D eigenvalue weighted by Crippen LogP contribution is 2.23. The van der Waals surface area contributed by atoms with E-state index >= 15 is 0 Å². The molecule has 2 N–H and O–H groups in total. The molecule has 1 aromatic carbocycles. The maximum absolute atomic E-state index is 13.6. The number of aliphatic hydroxyl groups excluding tert-OH is 1. The van der Waals surface area contributed by atoms with Gasteiger partial charge in [0.1, 0.15) is 6.61 Å². The smallest absolute Gasteiger partial charge is 0.190 e. The van der Waals surface area contributed by atoms with Crippen LogP contribution < -0.4 is 10.1 Å². The molecule has 1 unspecified atom stereocenters. The van der Waals surface area contributed by atoms with Crippen molar-refractivity contribution in [2.24, 2.45) is 0 Å². The zero-order chi connectivity index (χ0) is 14.3. The molecular formula is C13H19F2NO3. The van der Waals surface area contributed by atoms with Crippen LogP contribution >= 0.6 is 0 Å². The summed E-state index contributed by atoms with van der Waals surface area (Å²) >= 11 is 0. The molecular weight excluding hydrogens is 256 g/mol. The predicted molar refractivity (Wildman–Crippen MR) is 67.1 cm³/mol. The maximum Gasteiger partial charge on any atom is 0.190 e. The van der Waals surface area contributed by atoms with E-state index in [1.54, 1.807) is 7.11 Å². The third-order valence-electron chi connectivity index (χ3n) is 2.34. The average Bonchev–Trinajstić information content (AvgIpc) is 2.33. The van der Waals surface area contributed by atoms with Crippen molar-refractivity contribution in [1.82, 2.24) is 5.32 Å². The third kappa shape index (κ3) is 5.50. The van der Waals surface area contributed by atoms with Crippen LogP contribution in [0.2, 0.25) is 0 Å². The number of benzene rings is 1. The molecule has 1 rings (SSSR count). The number of hydrogen-bond acceptors (Lipinski definition) is 4. The standard InChI is InChI=1S/C13H19F2NO3/c1-9(17)8-19-13-11(14)5-10(6-12(13)15)7-16-3-4-18-2/h5-6,9,16-17H,3-4,7-8H2,1-2H3. The van der Waals surface area contributed by atoms with Crippen molar-refractivity contribution in [3.05, 3.63) is 29.3 Å². The van der Waals surface area contributed by atoms with Gasteiger partial charge in [0, 0.05) is 20.2 Å². The van der Waals surface area contributed by atoms with E-state index in [1.165, 1.54) is 19.1 Å². The fraction of sp³-hybridized carbons (Fsp3) is 0.538. The van der Waals surface area contributed by atoms with Gasteiger partial charge >= 0.3 is 0 Å². The van der Waals surface area contributed by atoms with Gasteiger partial charge in [-0.3, -0.25) is 0 Å². The van der Waals surface area contributed by atoms with Gasteiger partial charge in [-0.25, -0.2) is 8.78 Å². The number of rotatable bonds is 8. The summed E-state index contributed by atoms with van der Waals surface area (Å²) < 4.78 is 37.0. The van der Waals surface area contributed by atoms with Crippen LogP contribution in [0.15, 0.2) is 12.1 Å². The van der Waals surface area contributed by atoms with Crippen LogP contribution in [-0.4, -0.2) is 38.1 Å². The van der Waals surface area contributed by atoms with Gasteiger partial charge in [0.25, 0.3) is 0 Å². The normalized spacial score (nSPS) is 12.5. The van der Waals surface area contributed by atoms with E-state index in [-0.39, 0.29) is 6.61 Å². The lowest BCUT2D eigenvalue weighted by molar-refractivity contribution is 0.117. The number of halogens is 2. The van der Waals surface area contributed by atoms with Gasteiger partial charge in [-0.1, -0.05) is 0 Å². The van der Waals surface area contributed by atoms with Crippen LogP contribution in [0.25, 0.3) is 0 Å². The van der Waals surface area contributed by atoms with Crippen molar-refractivity contribution < 1.29 is 23.4 Å². The molecule has 0 bridgehead atoms. The summed E-state index contributed by atoms with van der Waals surface area (Å²) in [4.78, 5) is 0. The Hall–Kier alpha value is -1.24. The van der Waals surface area contributed by atoms with Crippen LogP contribution in [0, 0.1) is 11.6 Å². The van der Waals surface area contributed by atoms with Crippen LogP contribution in [0.3, 0.4) is 0 Å². The molecule has 4 nitrogen and oxygen atoms in total. The summed E-state index contributed by atoms with van der Waals surface area (Å²) in [6.07, 6.45) is -0.783. The molecule has 0 saturated carbocycles. The van der Waals surface area contributed by atoms with Gasteiger partial charge in [-0.2, -0.15) is 0 Å². The summed E-state index contributed by atoms with van der Waals surface area (Å²) in [5.74, 6) is -2.00. The van der Waals surface area contributed by atoms with E-state index in [4.69, 9.17) is 14.6 Å². The van der Waals surface area contributed by atoms with Crippen LogP contribution in [0.4, 0.5) is 8.78 Å². The number of methoxy groups -OCH3 is 1. The second-order valence-corrected chi connectivity index (χ2v) is 4.22. The van der Waals surface area contributed by atoms with Crippen molar-refractivity contribution >= 4 is 0 Å². The first-order valence-electron chi connectivity index (χ1n) is 6.03. The maximum atomic E-state index is 13.6. The fourth-order valence-corrected chi connectivity index (χ4v) is 1.46. The third-order valence-corrected chi connectivity index (χ3v) is 2.34. The molecule has 0 heterocycles. The van der Waals surface area contributed by atoms with E-state index < -0.39 is 23.5 Å². The minimum atomic E-state index is -0.783. The molecule has 6 heteroatoms. The van der Waals surface area contributed by atoms with E-state index in [2.05, 4.69) is 5.32 Å². The van der Waals surface area contributed by atoms with Gasteiger partial charge in [-0.05, 0) is 24.6 Å². The molecule has 1 atom stereocenters. The lowest BCUT2D eigenvalue weighted by Crippen LogP contribution is -2.19. The molecule has 0 saturated heterocycles. The first-order valence-corrected chi connectivity index (χ1v) is 6.03. The molecule has 0 aliphatic carbocycles. The molecule has 0 spiro atoms. The minimum absolute atomic E-state index is 0.153. The lowest BCUT2D eigenvalue weighted by atomic mass is 10.2. The summed E-state index contributed by atoms with van der Waals surface area (Å²) in [5, 5.41) is 12.0. The molecule has 108 valence electrons. The predicted octanol–water partition coefficient (Wildman–Crippen LogP) is 1.46. The van der Waals surface area contributed by atoms with E-state index in [9.17, 15) is 8.78 Å². The Morgan fingerprint density at radius 1 is 1.32 bits per heavy atom. The highest BCUT2D eigenvalue weighted by atomic mass is 19.1. The fourth-order valence-electron chi connectivity index (χ4n) is 1.46. The van der Waals surface area contributed by atoms with Crippen LogP contribution in [0.1, 0.15) is 12.5 Å². The summed E-state index contributed by atoms with van der Waals surface area (Å²) in [5.41, 5.74) is 0.482. The van der Waals surface area contributed by atoms with Crippen molar-refractivity contribution in [3.8, 4) is 5.75 Å². The number of aliphatic hydroxyl groups is 1. The quantitative estimate of drug-likeness (QED) is 0.705. The number of hydrogen-bond donors (Lipinski definition) is 2. The van der Waals surface area contributed by atoms with E-state index in [0.29, 0.717) is 25.3 Å².